The molecule has 0 bridgehead atoms. The Balaban J connectivity index is 1.72. The highest BCUT2D eigenvalue weighted by atomic mass is 19.3. The third-order valence-corrected chi connectivity index (χ3v) is 4.12. The van der Waals surface area contributed by atoms with Gasteiger partial charge in [0.05, 0.1) is 16.6 Å². The van der Waals surface area contributed by atoms with E-state index >= 15 is 0 Å². The maximum atomic E-state index is 12.3. The number of aromatic amines is 1. The van der Waals surface area contributed by atoms with Crippen LogP contribution in [-0.2, 0) is 0 Å². The summed E-state index contributed by atoms with van der Waals surface area (Å²) in [5, 5.41) is 6.21. The molecular weight excluding hydrogens is 382 g/mol. The summed E-state index contributed by atoms with van der Waals surface area (Å²) in [4.78, 5) is 25.1. The number of aryl methyl sites for hydroxylation is 2. The standard InChI is InChI=1S/C19H16F2N6O2/c1-10-7-17(24-11(2)23-10)25-16-8-15-14(9-22-16)18(28)26-27(15)12-3-5-13(6-4-12)29-19(20)21/h3-9,19H,1-2H3,(H,26,28)(H,22,23,24,25). The number of aromatic nitrogens is 5. The monoisotopic (exact) mass is 398 g/mol. The Morgan fingerprint density at radius 3 is 2.55 bits per heavy atom. The average molecular weight is 398 g/mol. The van der Waals surface area contributed by atoms with Gasteiger partial charge in [-0.3, -0.25) is 14.6 Å². The number of rotatable bonds is 5. The van der Waals surface area contributed by atoms with Crippen LogP contribution in [0.15, 0.2) is 47.4 Å². The number of anilines is 2. The smallest absolute Gasteiger partial charge is 0.387 e. The SMILES string of the molecule is Cc1cc(Nc2cc3c(cn2)c(=O)[nH]n3-c2ccc(OC(F)F)cc2)nc(C)n1. The maximum absolute atomic E-state index is 12.3. The van der Waals surface area contributed by atoms with Crippen LogP contribution in [0.2, 0.25) is 0 Å². The minimum absolute atomic E-state index is 0.0288. The summed E-state index contributed by atoms with van der Waals surface area (Å²) in [5.41, 5.74) is 1.63. The fraction of sp³-hybridized carbons (Fsp3) is 0.158. The molecule has 1 aromatic carbocycles. The number of nitrogens with one attached hydrogen (secondary N) is 2. The third-order valence-electron chi connectivity index (χ3n) is 4.12. The lowest BCUT2D eigenvalue weighted by molar-refractivity contribution is -0.0498. The Labute approximate surface area is 163 Å². The van der Waals surface area contributed by atoms with Crippen molar-refractivity contribution in [2.24, 2.45) is 0 Å². The van der Waals surface area contributed by atoms with Gasteiger partial charge in [-0.25, -0.2) is 15.0 Å². The van der Waals surface area contributed by atoms with E-state index in [9.17, 15) is 13.6 Å². The number of ether oxygens (including phenoxy) is 1. The highest BCUT2D eigenvalue weighted by Crippen LogP contribution is 2.22. The molecule has 3 aromatic heterocycles. The first-order valence-electron chi connectivity index (χ1n) is 8.64. The van der Waals surface area contributed by atoms with Gasteiger partial charge in [0.1, 0.15) is 23.2 Å². The molecule has 0 unspecified atom stereocenters. The Bertz CT molecular complexity index is 1210. The molecular formula is C19H16F2N6O2. The number of alkyl halides is 2. The molecule has 29 heavy (non-hydrogen) atoms. The number of hydrogen-bond acceptors (Lipinski definition) is 6. The lowest BCUT2D eigenvalue weighted by Gasteiger charge is -2.09. The van der Waals surface area contributed by atoms with Crippen molar-refractivity contribution in [2.45, 2.75) is 20.5 Å². The summed E-state index contributed by atoms with van der Waals surface area (Å²) in [5.74, 6) is 1.72. The van der Waals surface area contributed by atoms with E-state index in [1.165, 1.54) is 18.3 Å². The number of halogens is 2. The number of nitrogens with zero attached hydrogens (tertiary/aromatic N) is 4. The summed E-state index contributed by atoms with van der Waals surface area (Å²) in [7, 11) is 0. The second kappa shape index (κ2) is 7.30. The van der Waals surface area contributed by atoms with E-state index in [-0.39, 0.29) is 11.3 Å². The summed E-state index contributed by atoms with van der Waals surface area (Å²) >= 11 is 0. The van der Waals surface area contributed by atoms with Crippen LogP contribution in [0.25, 0.3) is 16.6 Å². The Kier molecular flexibility index (Phi) is 4.67. The first kappa shape index (κ1) is 18.5. The van der Waals surface area contributed by atoms with Gasteiger partial charge >= 0.3 is 6.61 Å². The van der Waals surface area contributed by atoms with Crippen LogP contribution in [0.3, 0.4) is 0 Å². The van der Waals surface area contributed by atoms with Gasteiger partial charge in [0.2, 0.25) is 0 Å². The zero-order valence-corrected chi connectivity index (χ0v) is 15.5. The molecule has 0 fully saturated rings. The van der Waals surface area contributed by atoms with Crippen LogP contribution in [-0.4, -0.2) is 31.3 Å². The van der Waals surface area contributed by atoms with Gasteiger partial charge in [0.25, 0.3) is 5.56 Å². The second-order valence-electron chi connectivity index (χ2n) is 6.30. The van der Waals surface area contributed by atoms with Crippen molar-refractivity contribution in [1.29, 1.82) is 0 Å². The summed E-state index contributed by atoms with van der Waals surface area (Å²) in [6.45, 7) is 0.753. The van der Waals surface area contributed by atoms with Crippen molar-refractivity contribution in [1.82, 2.24) is 24.7 Å². The highest BCUT2D eigenvalue weighted by Gasteiger charge is 2.12. The van der Waals surface area contributed by atoms with Crippen molar-refractivity contribution in [3.8, 4) is 11.4 Å². The van der Waals surface area contributed by atoms with E-state index in [1.807, 2.05) is 6.92 Å². The minimum Gasteiger partial charge on any atom is -0.435 e. The topological polar surface area (TPSA) is 97.7 Å². The maximum Gasteiger partial charge on any atom is 0.387 e. The highest BCUT2D eigenvalue weighted by molar-refractivity contribution is 5.82. The van der Waals surface area contributed by atoms with E-state index in [2.05, 4.69) is 30.1 Å². The van der Waals surface area contributed by atoms with Crippen LogP contribution < -0.4 is 15.6 Å². The molecule has 0 aliphatic heterocycles. The normalized spacial score (nSPS) is 11.2. The van der Waals surface area contributed by atoms with Crippen molar-refractivity contribution >= 4 is 22.5 Å². The largest absolute Gasteiger partial charge is 0.435 e. The van der Waals surface area contributed by atoms with Crippen LogP contribution in [0.1, 0.15) is 11.5 Å². The lowest BCUT2D eigenvalue weighted by Crippen LogP contribution is -2.04. The minimum atomic E-state index is -2.90. The van der Waals surface area contributed by atoms with Gasteiger partial charge in [-0.15, -0.1) is 0 Å². The van der Waals surface area contributed by atoms with Crippen molar-refractivity contribution in [2.75, 3.05) is 5.32 Å². The van der Waals surface area contributed by atoms with Crippen LogP contribution in [0.5, 0.6) is 5.75 Å². The fourth-order valence-corrected chi connectivity index (χ4v) is 2.99. The van der Waals surface area contributed by atoms with Crippen molar-refractivity contribution < 1.29 is 13.5 Å². The average Bonchev–Trinajstić information content (AvgIpc) is 2.97. The van der Waals surface area contributed by atoms with Gasteiger partial charge < -0.3 is 10.1 Å². The van der Waals surface area contributed by atoms with Gasteiger partial charge in [-0.05, 0) is 38.1 Å². The molecule has 2 N–H and O–H groups in total. The quantitative estimate of drug-likeness (QED) is 0.534. The van der Waals surface area contributed by atoms with Crippen molar-refractivity contribution in [3.05, 3.63) is 64.5 Å². The van der Waals surface area contributed by atoms with Gasteiger partial charge in [0, 0.05) is 24.0 Å². The number of pyridine rings is 1. The molecule has 3 heterocycles. The molecule has 0 saturated carbocycles. The first-order valence-corrected chi connectivity index (χ1v) is 8.64. The summed E-state index contributed by atoms with van der Waals surface area (Å²) in [6, 6.07) is 9.42. The number of fused-ring (bicyclic) bond motifs is 1. The fourth-order valence-electron chi connectivity index (χ4n) is 2.99. The molecule has 0 saturated heterocycles. The van der Waals surface area contributed by atoms with Gasteiger partial charge in [0.15, 0.2) is 0 Å². The molecule has 0 spiro atoms. The van der Waals surface area contributed by atoms with E-state index in [0.717, 1.165) is 5.69 Å². The Morgan fingerprint density at radius 2 is 1.86 bits per heavy atom. The summed E-state index contributed by atoms with van der Waals surface area (Å²) in [6.07, 6.45) is 1.46. The molecule has 0 aliphatic rings. The molecule has 0 aliphatic carbocycles. The van der Waals surface area contributed by atoms with E-state index < -0.39 is 6.61 Å². The van der Waals surface area contributed by atoms with Gasteiger partial charge in [-0.1, -0.05) is 0 Å². The zero-order valence-electron chi connectivity index (χ0n) is 15.5. The molecule has 4 rings (SSSR count). The molecule has 0 radical (unpaired) electrons. The van der Waals surface area contributed by atoms with Gasteiger partial charge in [-0.2, -0.15) is 8.78 Å². The van der Waals surface area contributed by atoms with Crippen LogP contribution in [0.4, 0.5) is 20.4 Å². The number of H-pyrrole nitrogens is 1. The Hall–Kier alpha value is -3.82. The first-order chi connectivity index (χ1) is 13.9. The predicted octanol–water partition coefficient (Wildman–Crippen LogP) is 3.47. The lowest BCUT2D eigenvalue weighted by atomic mass is 10.3. The second-order valence-corrected chi connectivity index (χ2v) is 6.30. The summed E-state index contributed by atoms with van der Waals surface area (Å²) < 4.78 is 30.6. The molecule has 8 nitrogen and oxygen atoms in total. The van der Waals surface area contributed by atoms with Crippen molar-refractivity contribution in [3.63, 3.8) is 0 Å². The zero-order chi connectivity index (χ0) is 20.5. The molecule has 10 heteroatoms. The molecule has 4 aromatic rings. The molecule has 0 amide bonds. The van der Waals surface area contributed by atoms with Crippen LogP contribution >= 0.6 is 0 Å². The van der Waals surface area contributed by atoms with E-state index in [0.29, 0.717) is 34.1 Å². The number of hydrogen-bond donors (Lipinski definition) is 2. The van der Waals surface area contributed by atoms with E-state index in [1.54, 1.807) is 35.9 Å². The Morgan fingerprint density at radius 1 is 1.10 bits per heavy atom. The van der Waals surface area contributed by atoms with Crippen LogP contribution in [0, 0.1) is 13.8 Å². The molecule has 148 valence electrons. The molecule has 0 atom stereocenters. The number of benzene rings is 1. The van der Waals surface area contributed by atoms with E-state index in [4.69, 9.17) is 0 Å². The predicted molar refractivity (Wildman–Crippen MR) is 103 cm³/mol. The third kappa shape index (κ3) is 3.91.